The van der Waals surface area contributed by atoms with Crippen molar-refractivity contribution in [2.24, 2.45) is 0 Å². The van der Waals surface area contributed by atoms with Crippen LogP contribution >= 0.6 is 0 Å². The molecule has 0 atom stereocenters. The summed E-state index contributed by atoms with van der Waals surface area (Å²) in [7, 11) is 3.12. The Bertz CT molecular complexity index is 1010. The van der Waals surface area contributed by atoms with E-state index in [1.165, 1.54) is 0 Å². The van der Waals surface area contributed by atoms with Gasteiger partial charge in [0.2, 0.25) is 0 Å². The molecule has 0 aliphatic rings. The van der Waals surface area contributed by atoms with Gasteiger partial charge in [-0.05, 0) is 44.5 Å². The monoisotopic (exact) mass is 396 g/mol. The van der Waals surface area contributed by atoms with Crippen LogP contribution in [0, 0.1) is 20.8 Å². The van der Waals surface area contributed by atoms with Crippen LogP contribution in [0.4, 0.5) is 5.69 Å². The quantitative estimate of drug-likeness (QED) is 0.635. The molecule has 152 valence electrons. The topological polar surface area (TPSA) is 82.8 Å². The van der Waals surface area contributed by atoms with Gasteiger partial charge in [-0.2, -0.15) is 0 Å². The molecule has 3 aromatic rings. The summed E-state index contributed by atoms with van der Waals surface area (Å²) in [6.45, 7) is 5.84. The molecule has 0 fully saturated rings. The van der Waals surface area contributed by atoms with Gasteiger partial charge in [-0.15, -0.1) is 0 Å². The lowest BCUT2D eigenvalue weighted by Gasteiger charge is -2.15. The molecule has 0 radical (unpaired) electrons. The fourth-order valence-electron chi connectivity index (χ4n) is 2.94. The van der Waals surface area contributed by atoms with Gasteiger partial charge in [0.05, 0.1) is 31.0 Å². The number of carbonyl (C=O) groups is 1. The van der Waals surface area contributed by atoms with Crippen molar-refractivity contribution in [3.63, 3.8) is 0 Å². The number of aromatic nitrogens is 1. The van der Waals surface area contributed by atoms with Crippen LogP contribution in [0.15, 0.2) is 40.9 Å². The number of hydrogen-bond acceptors (Lipinski definition) is 6. The van der Waals surface area contributed by atoms with E-state index in [9.17, 15) is 4.79 Å². The van der Waals surface area contributed by atoms with Gasteiger partial charge in [0.25, 0.3) is 5.91 Å². The fourth-order valence-corrected chi connectivity index (χ4v) is 2.94. The van der Waals surface area contributed by atoms with Gasteiger partial charge in [-0.3, -0.25) is 4.79 Å². The van der Waals surface area contributed by atoms with Crippen molar-refractivity contribution < 1.29 is 23.5 Å². The normalized spacial score (nSPS) is 10.5. The van der Waals surface area contributed by atoms with E-state index in [0.29, 0.717) is 34.3 Å². The zero-order valence-corrected chi connectivity index (χ0v) is 17.2. The first-order valence-corrected chi connectivity index (χ1v) is 9.12. The minimum absolute atomic E-state index is 0.265. The maximum Gasteiger partial charge on any atom is 0.259 e. The molecule has 7 nitrogen and oxygen atoms in total. The van der Waals surface area contributed by atoms with Gasteiger partial charge < -0.3 is 24.1 Å². The van der Waals surface area contributed by atoms with Crippen molar-refractivity contribution in [1.82, 2.24) is 5.16 Å². The van der Waals surface area contributed by atoms with Gasteiger partial charge >= 0.3 is 0 Å². The maximum absolute atomic E-state index is 12.9. The molecule has 0 spiro atoms. The van der Waals surface area contributed by atoms with Gasteiger partial charge in [0.1, 0.15) is 18.1 Å². The number of benzene rings is 2. The highest BCUT2D eigenvalue weighted by Gasteiger charge is 2.17. The number of hydrogen-bond donors (Lipinski definition) is 1. The number of ether oxygens (including phenoxy) is 3. The summed E-state index contributed by atoms with van der Waals surface area (Å²) in [5.74, 6) is 2.03. The Labute approximate surface area is 169 Å². The molecule has 3 rings (SSSR count). The smallest absolute Gasteiger partial charge is 0.259 e. The highest BCUT2D eigenvalue weighted by molar-refractivity contribution is 6.06. The highest BCUT2D eigenvalue weighted by atomic mass is 16.5. The lowest BCUT2D eigenvalue weighted by Crippen LogP contribution is -2.14. The average Bonchev–Trinajstić information content (AvgIpc) is 3.05. The first kappa shape index (κ1) is 20.3. The molecule has 0 aliphatic carbocycles. The summed E-state index contributed by atoms with van der Waals surface area (Å²) in [6, 6.07) is 10.6. The summed E-state index contributed by atoms with van der Waals surface area (Å²) in [4.78, 5) is 12.9. The van der Waals surface area contributed by atoms with Crippen LogP contribution < -0.4 is 19.5 Å². The molecule has 1 heterocycles. The Kier molecular flexibility index (Phi) is 6.07. The first-order chi connectivity index (χ1) is 13.9. The zero-order valence-electron chi connectivity index (χ0n) is 17.2. The molecule has 1 amide bonds. The Morgan fingerprint density at radius 2 is 1.72 bits per heavy atom. The third-order valence-electron chi connectivity index (χ3n) is 4.66. The predicted molar refractivity (Wildman–Crippen MR) is 109 cm³/mol. The number of amides is 1. The minimum atomic E-state index is -0.283. The largest absolute Gasteiger partial charge is 0.493 e. The summed E-state index contributed by atoms with van der Waals surface area (Å²) in [5.41, 5.74) is 3.55. The molecule has 1 aromatic heterocycles. The van der Waals surface area contributed by atoms with Crippen LogP contribution in [0.3, 0.4) is 0 Å². The van der Waals surface area contributed by atoms with Crippen molar-refractivity contribution in [3.8, 4) is 17.2 Å². The molecule has 0 bridgehead atoms. The number of methoxy groups -OCH3 is 2. The summed E-state index contributed by atoms with van der Waals surface area (Å²) < 4.78 is 21.7. The molecule has 0 aliphatic heterocycles. The molecule has 0 saturated carbocycles. The van der Waals surface area contributed by atoms with Crippen molar-refractivity contribution in [1.29, 1.82) is 0 Å². The minimum Gasteiger partial charge on any atom is -0.493 e. The van der Waals surface area contributed by atoms with Gasteiger partial charge in [-0.1, -0.05) is 17.3 Å². The Hall–Kier alpha value is -3.48. The number of aryl methyl sites for hydroxylation is 3. The van der Waals surface area contributed by atoms with Crippen LogP contribution in [-0.4, -0.2) is 25.3 Å². The summed E-state index contributed by atoms with van der Waals surface area (Å²) in [5, 5.41) is 6.85. The third-order valence-corrected chi connectivity index (χ3v) is 4.66. The van der Waals surface area contributed by atoms with Crippen molar-refractivity contribution in [2.45, 2.75) is 27.4 Å². The molecule has 0 unspecified atom stereocenters. The Morgan fingerprint density at radius 3 is 2.38 bits per heavy atom. The number of nitrogens with zero attached hydrogens (tertiary/aromatic N) is 1. The van der Waals surface area contributed by atoms with E-state index < -0.39 is 0 Å². The molecule has 2 aromatic carbocycles. The molecule has 0 saturated heterocycles. The van der Waals surface area contributed by atoms with Crippen LogP contribution in [0.1, 0.15) is 32.9 Å². The molecular formula is C22H24N2O5. The van der Waals surface area contributed by atoms with Crippen LogP contribution in [-0.2, 0) is 6.61 Å². The highest BCUT2D eigenvalue weighted by Crippen LogP contribution is 2.33. The molecule has 29 heavy (non-hydrogen) atoms. The fraction of sp³-hybridized carbons (Fsp3) is 0.273. The second-order valence-electron chi connectivity index (χ2n) is 6.56. The summed E-state index contributed by atoms with van der Waals surface area (Å²) >= 11 is 0. The standard InChI is InChI=1S/C22H24N2O5/c1-13-10-20(26-4)21(27-5)11-18(13)23-22(25)16-8-6-7-9-19(16)28-12-17-14(2)24-29-15(17)3/h6-11H,12H2,1-5H3,(H,23,25). The molecule has 1 N–H and O–H groups in total. The van der Waals surface area contributed by atoms with Gasteiger partial charge in [0.15, 0.2) is 11.5 Å². The first-order valence-electron chi connectivity index (χ1n) is 9.12. The van der Waals surface area contributed by atoms with Crippen molar-refractivity contribution in [2.75, 3.05) is 19.5 Å². The molecule has 7 heteroatoms. The van der Waals surface area contributed by atoms with E-state index in [1.54, 1.807) is 38.5 Å². The second kappa shape index (κ2) is 8.68. The average molecular weight is 396 g/mol. The van der Waals surface area contributed by atoms with Gasteiger partial charge in [0, 0.05) is 11.8 Å². The van der Waals surface area contributed by atoms with Crippen molar-refractivity contribution >= 4 is 11.6 Å². The van der Waals surface area contributed by atoms with E-state index in [2.05, 4.69) is 10.5 Å². The number of carbonyl (C=O) groups excluding carboxylic acids is 1. The maximum atomic E-state index is 12.9. The number of nitrogens with one attached hydrogen (secondary N) is 1. The molecular weight excluding hydrogens is 372 g/mol. The van der Waals surface area contributed by atoms with Crippen molar-refractivity contribution in [3.05, 3.63) is 64.5 Å². The summed E-state index contributed by atoms with van der Waals surface area (Å²) in [6.07, 6.45) is 0. The lowest BCUT2D eigenvalue weighted by molar-refractivity contribution is 0.102. The zero-order chi connectivity index (χ0) is 21.0. The second-order valence-corrected chi connectivity index (χ2v) is 6.56. The third kappa shape index (κ3) is 4.34. The van der Waals surface area contributed by atoms with E-state index in [1.807, 2.05) is 32.9 Å². The van der Waals surface area contributed by atoms with Crippen LogP contribution in [0.2, 0.25) is 0 Å². The van der Waals surface area contributed by atoms with E-state index >= 15 is 0 Å². The Morgan fingerprint density at radius 1 is 1.03 bits per heavy atom. The van der Waals surface area contributed by atoms with Crippen LogP contribution in [0.5, 0.6) is 17.2 Å². The van der Waals surface area contributed by atoms with E-state index in [4.69, 9.17) is 18.7 Å². The SMILES string of the molecule is COc1cc(C)c(NC(=O)c2ccccc2OCc2c(C)noc2C)cc1OC. The number of para-hydroxylation sites is 1. The lowest BCUT2D eigenvalue weighted by atomic mass is 10.1. The van der Waals surface area contributed by atoms with E-state index in [-0.39, 0.29) is 12.5 Å². The number of anilines is 1. The van der Waals surface area contributed by atoms with Crippen LogP contribution in [0.25, 0.3) is 0 Å². The predicted octanol–water partition coefficient (Wildman–Crippen LogP) is 4.45. The Balaban J connectivity index is 1.82. The van der Waals surface area contributed by atoms with E-state index in [0.717, 1.165) is 16.8 Å². The van der Waals surface area contributed by atoms with Gasteiger partial charge in [-0.25, -0.2) is 0 Å². The number of rotatable bonds is 7.